The molecule has 33 heavy (non-hydrogen) atoms. The molecule has 0 aliphatic carbocycles. The van der Waals surface area contributed by atoms with E-state index in [0.717, 1.165) is 16.0 Å². The molecule has 0 spiro atoms. The Morgan fingerprint density at radius 1 is 1.15 bits per heavy atom. The number of carbonyl (C=O) groups excluding carboxylic acids is 5. The first kappa shape index (κ1) is 22.1. The molecule has 1 aromatic heterocycles. The summed E-state index contributed by atoms with van der Waals surface area (Å²) in [6.07, 6.45) is 4.63. The van der Waals surface area contributed by atoms with E-state index in [9.17, 15) is 24.0 Å². The highest BCUT2D eigenvalue weighted by molar-refractivity contribution is 6.23. The second kappa shape index (κ2) is 9.19. The lowest BCUT2D eigenvalue weighted by Crippen LogP contribution is -2.54. The molecule has 10 nitrogen and oxygen atoms in total. The molecule has 1 atom stereocenters. The van der Waals surface area contributed by atoms with Crippen molar-refractivity contribution in [1.82, 2.24) is 20.5 Å². The zero-order valence-corrected chi connectivity index (χ0v) is 18.0. The Morgan fingerprint density at radius 3 is 2.70 bits per heavy atom. The SMILES string of the molecule is Cc1ccncc1NC(=O)NCCCc1ccc2c(c1)C(=O)N(C1CCC(=O)NC1=O)C2=O. The predicted molar refractivity (Wildman–Crippen MR) is 117 cm³/mol. The van der Waals surface area contributed by atoms with Crippen LogP contribution in [0.1, 0.15) is 51.1 Å². The van der Waals surface area contributed by atoms with Crippen LogP contribution in [0.3, 0.4) is 0 Å². The summed E-state index contributed by atoms with van der Waals surface area (Å²) in [5.74, 6) is -2.10. The van der Waals surface area contributed by atoms with Crippen molar-refractivity contribution in [3.63, 3.8) is 0 Å². The van der Waals surface area contributed by atoms with E-state index in [1.807, 2.05) is 6.92 Å². The summed E-state index contributed by atoms with van der Waals surface area (Å²) in [5, 5.41) is 7.70. The van der Waals surface area contributed by atoms with Gasteiger partial charge in [0.25, 0.3) is 11.8 Å². The number of piperidine rings is 1. The molecule has 170 valence electrons. The third-order valence-corrected chi connectivity index (χ3v) is 5.72. The van der Waals surface area contributed by atoms with Gasteiger partial charge in [-0.15, -0.1) is 0 Å². The number of nitrogens with one attached hydrogen (secondary N) is 3. The van der Waals surface area contributed by atoms with Gasteiger partial charge in [0, 0.05) is 19.2 Å². The number of hydrogen-bond acceptors (Lipinski definition) is 6. The minimum absolute atomic E-state index is 0.0794. The van der Waals surface area contributed by atoms with Crippen molar-refractivity contribution in [2.24, 2.45) is 0 Å². The quantitative estimate of drug-likeness (QED) is 0.452. The molecule has 1 fully saturated rings. The monoisotopic (exact) mass is 449 g/mol. The van der Waals surface area contributed by atoms with Crippen molar-refractivity contribution >= 4 is 35.3 Å². The molecule has 4 rings (SSSR count). The van der Waals surface area contributed by atoms with E-state index < -0.39 is 29.7 Å². The summed E-state index contributed by atoms with van der Waals surface area (Å²) in [7, 11) is 0. The van der Waals surface area contributed by atoms with Gasteiger partial charge < -0.3 is 10.6 Å². The van der Waals surface area contributed by atoms with Gasteiger partial charge in [0.15, 0.2) is 0 Å². The van der Waals surface area contributed by atoms with Gasteiger partial charge in [-0.1, -0.05) is 6.07 Å². The third kappa shape index (κ3) is 4.59. The molecule has 2 aliphatic rings. The summed E-state index contributed by atoms with van der Waals surface area (Å²) in [5.41, 5.74) is 2.88. The number of fused-ring (bicyclic) bond motifs is 1. The van der Waals surface area contributed by atoms with Crippen molar-refractivity contribution in [2.45, 2.75) is 38.6 Å². The van der Waals surface area contributed by atoms with E-state index in [1.54, 1.807) is 36.7 Å². The maximum atomic E-state index is 12.9. The lowest BCUT2D eigenvalue weighted by molar-refractivity contribution is -0.136. The second-order valence-electron chi connectivity index (χ2n) is 8.00. The molecular weight excluding hydrogens is 426 g/mol. The van der Waals surface area contributed by atoms with Gasteiger partial charge in [-0.3, -0.25) is 34.4 Å². The maximum absolute atomic E-state index is 12.9. The number of rotatable bonds is 6. The van der Waals surface area contributed by atoms with Crippen molar-refractivity contribution in [3.8, 4) is 0 Å². The first-order valence-corrected chi connectivity index (χ1v) is 10.6. The first-order valence-electron chi connectivity index (χ1n) is 10.6. The Bertz CT molecular complexity index is 1160. The Balaban J connectivity index is 1.33. The van der Waals surface area contributed by atoms with E-state index in [0.29, 0.717) is 25.1 Å². The van der Waals surface area contributed by atoms with Gasteiger partial charge in [0.2, 0.25) is 11.8 Å². The summed E-state index contributed by atoms with van der Waals surface area (Å²) >= 11 is 0. The Kier molecular flexibility index (Phi) is 6.16. The molecule has 1 saturated heterocycles. The number of aryl methyl sites for hydroxylation is 2. The van der Waals surface area contributed by atoms with E-state index in [1.165, 1.54) is 0 Å². The number of benzene rings is 1. The number of nitrogens with zero attached hydrogens (tertiary/aromatic N) is 2. The number of urea groups is 1. The van der Waals surface area contributed by atoms with Gasteiger partial charge in [-0.05, 0) is 55.5 Å². The highest BCUT2D eigenvalue weighted by Gasteiger charge is 2.44. The predicted octanol–water partition coefficient (Wildman–Crippen LogP) is 1.55. The lowest BCUT2D eigenvalue weighted by atomic mass is 10.0. The summed E-state index contributed by atoms with van der Waals surface area (Å²) in [6.45, 7) is 2.29. The summed E-state index contributed by atoms with van der Waals surface area (Å²) < 4.78 is 0. The van der Waals surface area contributed by atoms with Gasteiger partial charge in [-0.2, -0.15) is 0 Å². The van der Waals surface area contributed by atoms with Gasteiger partial charge in [0.05, 0.1) is 23.0 Å². The second-order valence-corrected chi connectivity index (χ2v) is 8.00. The third-order valence-electron chi connectivity index (χ3n) is 5.72. The standard InChI is InChI=1S/C23H23N5O5/c1-13-8-10-24-12-17(13)26-23(33)25-9-2-3-14-4-5-15-16(11-14)22(32)28(21(15)31)18-6-7-19(29)27-20(18)30/h4-5,8,10-12,18H,2-3,6-7,9H2,1H3,(H2,25,26,33)(H,27,29,30). The summed E-state index contributed by atoms with van der Waals surface area (Å²) in [6, 6.07) is 5.49. The molecule has 3 N–H and O–H groups in total. The Labute approximate surface area is 189 Å². The van der Waals surface area contributed by atoms with Crippen molar-refractivity contribution in [1.29, 1.82) is 0 Å². The summed E-state index contributed by atoms with van der Waals surface area (Å²) in [4.78, 5) is 66.1. The minimum atomic E-state index is -0.982. The normalized spacial score (nSPS) is 17.6. The van der Waals surface area contributed by atoms with Crippen molar-refractivity contribution in [2.75, 3.05) is 11.9 Å². The largest absolute Gasteiger partial charge is 0.338 e. The molecular formula is C23H23N5O5. The van der Waals surface area contributed by atoms with Crippen LogP contribution >= 0.6 is 0 Å². The average molecular weight is 449 g/mol. The van der Waals surface area contributed by atoms with Crippen molar-refractivity contribution in [3.05, 3.63) is 58.9 Å². The van der Waals surface area contributed by atoms with E-state index in [2.05, 4.69) is 20.9 Å². The van der Waals surface area contributed by atoms with E-state index in [-0.39, 0.29) is 30.0 Å². The number of anilines is 1. The number of aromatic nitrogens is 1. The van der Waals surface area contributed by atoms with Crippen LogP contribution in [0.15, 0.2) is 36.7 Å². The molecule has 6 amide bonds. The van der Waals surface area contributed by atoms with Crippen LogP contribution in [-0.4, -0.2) is 52.1 Å². The van der Waals surface area contributed by atoms with Crippen LogP contribution in [0.5, 0.6) is 0 Å². The Hall–Kier alpha value is -4.08. The molecule has 0 saturated carbocycles. The smallest absolute Gasteiger partial charge is 0.319 e. The van der Waals surface area contributed by atoms with Gasteiger partial charge in [-0.25, -0.2) is 4.79 Å². The molecule has 2 aliphatic heterocycles. The highest BCUT2D eigenvalue weighted by Crippen LogP contribution is 2.28. The van der Waals surface area contributed by atoms with Crippen LogP contribution in [0.25, 0.3) is 0 Å². The molecule has 0 radical (unpaired) electrons. The number of amides is 6. The highest BCUT2D eigenvalue weighted by atomic mass is 16.2. The number of hydrogen-bond donors (Lipinski definition) is 3. The van der Waals surface area contributed by atoms with Crippen molar-refractivity contribution < 1.29 is 24.0 Å². The number of pyridine rings is 1. The molecule has 2 aromatic rings. The van der Waals surface area contributed by atoms with Gasteiger partial charge >= 0.3 is 6.03 Å². The number of imide groups is 2. The van der Waals surface area contributed by atoms with Gasteiger partial charge in [0.1, 0.15) is 6.04 Å². The molecule has 1 aromatic carbocycles. The molecule has 0 bridgehead atoms. The fourth-order valence-corrected chi connectivity index (χ4v) is 3.93. The van der Waals surface area contributed by atoms with Crippen LogP contribution < -0.4 is 16.0 Å². The van der Waals surface area contributed by atoms with Crippen LogP contribution in [0, 0.1) is 6.92 Å². The fraction of sp³-hybridized carbons (Fsp3) is 0.304. The van der Waals surface area contributed by atoms with Crippen LogP contribution in [0.4, 0.5) is 10.5 Å². The van der Waals surface area contributed by atoms with Crippen LogP contribution in [0.2, 0.25) is 0 Å². The van der Waals surface area contributed by atoms with E-state index >= 15 is 0 Å². The number of carbonyl (C=O) groups is 5. The maximum Gasteiger partial charge on any atom is 0.319 e. The van der Waals surface area contributed by atoms with Crippen LogP contribution in [-0.2, 0) is 16.0 Å². The van der Waals surface area contributed by atoms with E-state index in [4.69, 9.17) is 0 Å². The average Bonchev–Trinajstić information content (AvgIpc) is 3.03. The molecule has 3 heterocycles. The molecule has 1 unspecified atom stereocenters. The lowest BCUT2D eigenvalue weighted by Gasteiger charge is -2.27. The topological polar surface area (TPSA) is 138 Å². The first-order chi connectivity index (χ1) is 15.8. The Morgan fingerprint density at radius 2 is 1.94 bits per heavy atom. The minimum Gasteiger partial charge on any atom is -0.338 e. The zero-order chi connectivity index (χ0) is 23.5. The zero-order valence-electron chi connectivity index (χ0n) is 18.0. The fourth-order valence-electron chi connectivity index (χ4n) is 3.93. The molecule has 10 heteroatoms.